The monoisotopic (exact) mass is 322 g/mol. The Morgan fingerprint density at radius 3 is 2.38 bits per heavy atom. The van der Waals surface area contributed by atoms with Crippen molar-refractivity contribution in [1.82, 2.24) is 5.32 Å². The fraction of sp³-hybridized carbons (Fsp3) is 0.385. The molecular formula is C13H14F4N2OS. The van der Waals surface area contributed by atoms with E-state index >= 15 is 0 Å². The van der Waals surface area contributed by atoms with Gasteiger partial charge in [-0.25, -0.2) is 4.39 Å². The largest absolute Gasteiger partial charge is 0.416 e. The van der Waals surface area contributed by atoms with E-state index in [1.165, 1.54) is 6.92 Å². The molecule has 1 amide bonds. The van der Waals surface area contributed by atoms with Crippen LogP contribution in [-0.2, 0) is 6.18 Å². The third kappa shape index (κ3) is 3.90. The van der Waals surface area contributed by atoms with E-state index in [9.17, 15) is 22.4 Å². The van der Waals surface area contributed by atoms with E-state index in [4.69, 9.17) is 18.0 Å². The van der Waals surface area contributed by atoms with Crippen molar-refractivity contribution in [2.75, 3.05) is 0 Å². The molecule has 0 aromatic heterocycles. The molecule has 1 rings (SSSR count). The van der Waals surface area contributed by atoms with Crippen LogP contribution in [-0.4, -0.2) is 16.4 Å². The highest BCUT2D eigenvalue weighted by atomic mass is 32.1. The number of halogens is 4. The van der Waals surface area contributed by atoms with Crippen LogP contribution in [0.1, 0.15) is 36.2 Å². The minimum atomic E-state index is -4.67. The average Bonchev–Trinajstić information content (AvgIpc) is 2.37. The van der Waals surface area contributed by atoms with Crippen LogP contribution in [0.4, 0.5) is 17.6 Å². The van der Waals surface area contributed by atoms with Gasteiger partial charge >= 0.3 is 6.18 Å². The topological polar surface area (TPSA) is 55.1 Å². The molecule has 116 valence electrons. The lowest BCUT2D eigenvalue weighted by Crippen LogP contribution is -2.54. The van der Waals surface area contributed by atoms with Gasteiger partial charge in [-0.1, -0.05) is 19.1 Å². The lowest BCUT2D eigenvalue weighted by atomic mass is 9.98. The van der Waals surface area contributed by atoms with Crippen LogP contribution in [0.25, 0.3) is 0 Å². The van der Waals surface area contributed by atoms with Gasteiger partial charge < -0.3 is 11.1 Å². The molecule has 8 heteroatoms. The number of nitrogens with two attached hydrogens (primary N) is 1. The molecule has 0 heterocycles. The van der Waals surface area contributed by atoms with E-state index in [0.29, 0.717) is 24.6 Å². The number of benzene rings is 1. The van der Waals surface area contributed by atoms with Crippen molar-refractivity contribution in [1.29, 1.82) is 0 Å². The van der Waals surface area contributed by atoms with Gasteiger partial charge in [-0.15, -0.1) is 0 Å². The molecule has 0 bridgehead atoms. The van der Waals surface area contributed by atoms with Crippen molar-refractivity contribution >= 4 is 23.1 Å². The zero-order valence-electron chi connectivity index (χ0n) is 11.3. The molecule has 0 aliphatic heterocycles. The zero-order chi connectivity index (χ0) is 16.4. The summed E-state index contributed by atoms with van der Waals surface area (Å²) >= 11 is 4.81. The molecule has 1 aromatic carbocycles. The van der Waals surface area contributed by atoms with Crippen LogP contribution in [0.5, 0.6) is 0 Å². The van der Waals surface area contributed by atoms with Gasteiger partial charge in [-0.2, -0.15) is 13.2 Å². The third-order valence-electron chi connectivity index (χ3n) is 3.18. The maximum absolute atomic E-state index is 13.6. The first-order chi connectivity index (χ1) is 9.51. The predicted molar refractivity (Wildman–Crippen MR) is 74.3 cm³/mol. The van der Waals surface area contributed by atoms with E-state index in [2.05, 4.69) is 5.32 Å². The van der Waals surface area contributed by atoms with Crippen molar-refractivity contribution in [3.8, 4) is 0 Å². The summed E-state index contributed by atoms with van der Waals surface area (Å²) < 4.78 is 51.4. The molecule has 0 spiro atoms. The highest BCUT2D eigenvalue weighted by Gasteiger charge is 2.33. The number of amides is 1. The number of nitrogens with one attached hydrogen (secondary N) is 1. The Bertz CT molecular complexity index is 574. The second kappa shape index (κ2) is 5.97. The molecule has 0 aliphatic carbocycles. The Morgan fingerprint density at radius 1 is 1.38 bits per heavy atom. The van der Waals surface area contributed by atoms with Crippen LogP contribution in [0.15, 0.2) is 18.2 Å². The average molecular weight is 322 g/mol. The van der Waals surface area contributed by atoms with Gasteiger partial charge in [-0.3, -0.25) is 4.79 Å². The summed E-state index contributed by atoms with van der Waals surface area (Å²) in [6, 6.07) is 1.63. The van der Waals surface area contributed by atoms with Gasteiger partial charge in [-0.05, 0) is 31.5 Å². The minimum Gasteiger partial charge on any atom is -0.391 e. The van der Waals surface area contributed by atoms with Gasteiger partial charge in [0.2, 0.25) is 0 Å². The lowest BCUT2D eigenvalue weighted by Gasteiger charge is -2.28. The number of carbonyl (C=O) groups is 1. The maximum atomic E-state index is 13.6. The van der Waals surface area contributed by atoms with E-state index in [0.717, 1.165) is 0 Å². The fourth-order valence-corrected chi connectivity index (χ4v) is 1.71. The summed E-state index contributed by atoms with van der Waals surface area (Å²) in [7, 11) is 0. The number of hydrogen-bond donors (Lipinski definition) is 2. The number of thiocarbonyl (C=S) groups is 1. The SMILES string of the molecule is CCC(C)(NC(=O)c1cc(C(F)(F)F)ccc1F)C(N)=S. The summed E-state index contributed by atoms with van der Waals surface area (Å²) in [5.74, 6) is -2.06. The molecule has 21 heavy (non-hydrogen) atoms. The van der Waals surface area contributed by atoms with E-state index in [-0.39, 0.29) is 4.99 Å². The minimum absolute atomic E-state index is 0.0364. The second-order valence-electron chi connectivity index (χ2n) is 4.70. The molecule has 3 N–H and O–H groups in total. The Labute approximate surface area is 124 Å². The van der Waals surface area contributed by atoms with Crippen molar-refractivity contribution in [2.24, 2.45) is 5.73 Å². The fourth-order valence-electron chi connectivity index (χ4n) is 1.52. The summed E-state index contributed by atoms with van der Waals surface area (Å²) in [4.78, 5) is 12.0. The first-order valence-electron chi connectivity index (χ1n) is 6.00. The van der Waals surface area contributed by atoms with Gasteiger partial charge in [0, 0.05) is 0 Å². The van der Waals surface area contributed by atoms with E-state index in [1.54, 1.807) is 6.92 Å². The highest BCUT2D eigenvalue weighted by Crippen LogP contribution is 2.30. The van der Waals surface area contributed by atoms with Crippen LogP contribution in [0, 0.1) is 5.82 Å². The first kappa shape index (κ1) is 17.4. The standard InChI is InChI=1S/C13H14F4N2OS/c1-3-12(2,11(18)21)19-10(20)8-6-7(13(15,16)17)4-5-9(8)14/h4-6H,3H2,1-2H3,(H2,18,21)(H,19,20). The summed E-state index contributed by atoms with van der Waals surface area (Å²) in [6.45, 7) is 3.20. The maximum Gasteiger partial charge on any atom is 0.416 e. The zero-order valence-corrected chi connectivity index (χ0v) is 12.2. The molecule has 3 nitrogen and oxygen atoms in total. The molecule has 0 saturated carbocycles. The van der Waals surface area contributed by atoms with Crippen molar-refractivity contribution in [2.45, 2.75) is 32.0 Å². The van der Waals surface area contributed by atoms with Crippen LogP contribution in [0.3, 0.4) is 0 Å². The quantitative estimate of drug-likeness (QED) is 0.662. The van der Waals surface area contributed by atoms with E-state index in [1.807, 2.05) is 0 Å². The highest BCUT2D eigenvalue weighted by molar-refractivity contribution is 7.80. The normalized spacial score (nSPS) is 14.4. The Kier molecular flexibility index (Phi) is 4.93. The number of alkyl halides is 3. The summed E-state index contributed by atoms with van der Waals surface area (Å²) in [5, 5.41) is 2.37. The molecule has 0 saturated heterocycles. The third-order valence-corrected chi connectivity index (χ3v) is 3.63. The van der Waals surface area contributed by atoms with Gasteiger partial charge in [0.1, 0.15) is 5.82 Å². The number of rotatable bonds is 4. The summed E-state index contributed by atoms with van der Waals surface area (Å²) in [6.07, 6.45) is -4.35. The molecule has 1 unspecified atom stereocenters. The van der Waals surface area contributed by atoms with Crippen molar-refractivity contribution in [3.05, 3.63) is 35.1 Å². The first-order valence-corrected chi connectivity index (χ1v) is 6.41. The molecule has 0 fully saturated rings. The van der Waals surface area contributed by atoms with Crippen LogP contribution < -0.4 is 11.1 Å². The Balaban J connectivity index is 3.16. The second-order valence-corrected chi connectivity index (χ2v) is 5.14. The Hall–Kier alpha value is -1.70. The van der Waals surface area contributed by atoms with Crippen LogP contribution >= 0.6 is 12.2 Å². The predicted octanol–water partition coefficient (Wildman–Crippen LogP) is 3.03. The molecular weight excluding hydrogens is 308 g/mol. The van der Waals surface area contributed by atoms with Crippen molar-refractivity contribution < 1.29 is 22.4 Å². The van der Waals surface area contributed by atoms with Gasteiger partial charge in [0.25, 0.3) is 5.91 Å². The number of carbonyl (C=O) groups excluding carboxylic acids is 1. The molecule has 1 aromatic rings. The molecule has 1 atom stereocenters. The van der Waals surface area contributed by atoms with Crippen molar-refractivity contribution in [3.63, 3.8) is 0 Å². The van der Waals surface area contributed by atoms with E-state index < -0.39 is 34.6 Å². The number of hydrogen-bond acceptors (Lipinski definition) is 2. The molecule has 0 radical (unpaired) electrons. The van der Waals surface area contributed by atoms with Gasteiger partial charge in [0.05, 0.1) is 21.7 Å². The van der Waals surface area contributed by atoms with Crippen LogP contribution in [0.2, 0.25) is 0 Å². The lowest BCUT2D eigenvalue weighted by molar-refractivity contribution is -0.137. The summed E-state index contributed by atoms with van der Waals surface area (Å²) in [5.41, 5.74) is 2.57. The van der Waals surface area contributed by atoms with Gasteiger partial charge in [0.15, 0.2) is 0 Å². The Morgan fingerprint density at radius 2 is 1.95 bits per heavy atom. The molecule has 0 aliphatic rings. The smallest absolute Gasteiger partial charge is 0.391 e.